The summed E-state index contributed by atoms with van der Waals surface area (Å²) in [5.41, 5.74) is 7.98. The Labute approximate surface area is 224 Å². The first-order valence-electron chi connectivity index (χ1n) is 13.2. The van der Waals surface area contributed by atoms with Crippen LogP contribution in [0.3, 0.4) is 0 Å². The van der Waals surface area contributed by atoms with Crippen molar-refractivity contribution < 1.29 is 9.13 Å². The number of hydrogen-bond acceptors (Lipinski definition) is 3. The highest BCUT2D eigenvalue weighted by atomic mass is 19.1. The van der Waals surface area contributed by atoms with E-state index in [-0.39, 0.29) is 5.82 Å². The maximum absolute atomic E-state index is 13.6. The first-order valence-corrected chi connectivity index (χ1v) is 13.2. The van der Waals surface area contributed by atoms with Crippen LogP contribution in [0.5, 0.6) is 11.5 Å². The van der Waals surface area contributed by atoms with E-state index in [1.165, 1.54) is 22.8 Å². The maximum atomic E-state index is 13.6. The lowest BCUT2D eigenvalue weighted by Crippen LogP contribution is -2.02. The van der Waals surface area contributed by atoms with Crippen LogP contribution in [0.2, 0.25) is 0 Å². The smallest absolute Gasteiger partial charge is 0.127 e. The van der Waals surface area contributed by atoms with E-state index in [4.69, 9.17) is 4.74 Å². The summed E-state index contributed by atoms with van der Waals surface area (Å²) in [7, 11) is 0. The summed E-state index contributed by atoms with van der Waals surface area (Å²) in [6.45, 7) is 6.42. The molecule has 0 atom stereocenters. The number of para-hydroxylation sites is 1. The van der Waals surface area contributed by atoms with Gasteiger partial charge in [0.15, 0.2) is 0 Å². The van der Waals surface area contributed by atoms with Gasteiger partial charge in [0, 0.05) is 36.6 Å². The first-order chi connectivity index (χ1) is 18.6. The van der Waals surface area contributed by atoms with Crippen LogP contribution in [-0.4, -0.2) is 19.9 Å². The molecular weight excluding hydrogens is 475 g/mol. The Hall–Kier alpha value is -4.19. The molecule has 2 N–H and O–H groups in total. The van der Waals surface area contributed by atoms with E-state index in [1.54, 1.807) is 24.9 Å². The molecule has 196 valence electrons. The lowest BCUT2D eigenvalue weighted by Gasteiger charge is -2.16. The van der Waals surface area contributed by atoms with Gasteiger partial charge in [-0.15, -0.1) is 0 Å². The second-order valence-electron chi connectivity index (χ2n) is 9.08. The van der Waals surface area contributed by atoms with Gasteiger partial charge in [-0.25, -0.2) is 14.4 Å². The topological polar surface area (TPSA) is 66.6 Å². The quantitative estimate of drug-likeness (QED) is 0.214. The van der Waals surface area contributed by atoms with Crippen LogP contribution in [0.15, 0.2) is 85.7 Å². The van der Waals surface area contributed by atoms with Crippen LogP contribution in [0.25, 0.3) is 0 Å². The lowest BCUT2D eigenvalue weighted by molar-refractivity contribution is 0.481. The lowest BCUT2D eigenvalue weighted by atomic mass is 9.93. The fourth-order valence-electron chi connectivity index (χ4n) is 4.58. The second kappa shape index (κ2) is 13.4. The highest BCUT2D eigenvalue weighted by Gasteiger charge is 2.12. The third-order valence-electron chi connectivity index (χ3n) is 6.59. The molecule has 0 fully saturated rings. The van der Waals surface area contributed by atoms with E-state index in [0.717, 1.165) is 59.7 Å². The van der Waals surface area contributed by atoms with Crippen LogP contribution < -0.4 is 4.74 Å². The van der Waals surface area contributed by atoms with Crippen molar-refractivity contribution in [2.75, 3.05) is 0 Å². The molecule has 0 bridgehead atoms. The summed E-state index contributed by atoms with van der Waals surface area (Å²) < 4.78 is 19.6. The van der Waals surface area contributed by atoms with Gasteiger partial charge in [-0.3, -0.25) is 0 Å². The van der Waals surface area contributed by atoms with E-state index >= 15 is 0 Å². The molecule has 0 aliphatic carbocycles. The Morgan fingerprint density at radius 2 is 1.24 bits per heavy atom. The summed E-state index contributed by atoms with van der Waals surface area (Å²) in [4.78, 5) is 14.2. The average molecular weight is 511 g/mol. The molecule has 2 aromatic heterocycles. The van der Waals surface area contributed by atoms with Gasteiger partial charge >= 0.3 is 0 Å². The SMILES string of the molecule is CCc1cc(Oc2ccccc2)cc(CC)c1Cc1cnc[nH]1.CCc1cccc(F)c1Cc1cnc[nH]1. The number of H-pyrrole nitrogens is 2. The van der Waals surface area contributed by atoms with Crippen molar-refractivity contribution in [3.05, 3.63) is 131 Å². The zero-order valence-electron chi connectivity index (χ0n) is 22.3. The first kappa shape index (κ1) is 26.9. The molecule has 0 aliphatic rings. The average Bonchev–Trinajstić information content (AvgIpc) is 3.66. The van der Waals surface area contributed by atoms with Crippen LogP contribution in [0.1, 0.15) is 60.0 Å². The fourth-order valence-corrected chi connectivity index (χ4v) is 4.58. The van der Waals surface area contributed by atoms with Crippen LogP contribution in [0.4, 0.5) is 4.39 Å². The van der Waals surface area contributed by atoms with Gasteiger partial charge in [0.1, 0.15) is 17.3 Å². The van der Waals surface area contributed by atoms with Crippen molar-refractivity contribution >= 4 is 0 Å². The van der Waals surface area contributed by atoms with Crippen molar-refractivity contribution in [2.24, 2.45) is 0 Å². The normalized spacial score (nSPS) is 10.6. The number of halogens is 1. The maximum Gasteiger partial charge on any atom is 0.127 e. The largest absolute Gasteiger partial charge is 0.457 e. The number of ether oxygens (including phenoxy) is 1. The Morgan fingerprint density at radius 1 is 0.658 bits per heavy atom. The van der Waals surface area contributed by atoms with Crippen molar-refractivity contribution in [3.63, 3.8) is 0 Å². The van der Waals surface area contributed by atoms with Gasteiger partial charge in [-0.05, 0) is 77.4 Å². The van der Waals surface area contributed by atoms with Crippen LogP contribution in [0, 0.1) is 5.82 Å². The number of nitrogens with zero attached hydrogens (tertiary/aromatic N) is 2. The van der Waals surface area contributed by atoms with Gasteiger partial charge in [-0.1, -0.05) is 51.1 Å². The number of benzene rings is 3. The number of imidazole rings is 2. The third kappa shape index (κ3) is 6.97. The molecular formula is C32H35FN4O. The van der Waals surface area contributed by atoms with E-state index < -0.39 is 0 Å². The van der Waals surface area contributed by atoms with Gasteiger partial charge < -0.3 is 14.7 Å². The number of aryl methyl sites for hydroxylation is 3. The number of hydrogen-bond donors (Lipinski definition) is 2. The van der Waals surface area contributed by atoms with Gasteiger partial charge in [0.25, 0.3) is 0 Å². The summed E-state index contributed by atoms with van der Waals surface area (Å²) >= 11 is 0. The minimum absolute atomic E-state index is 0.135. The second-order valence-corrected chi connectivity index (χ2v) is 9.08. The highest BCUT2D eigenvalue weighted by Crippen LogP contribution is 2.29. The van der Waals surface area contributed by atoms with E-state index in [0.29, 0.717) is 6.42 Å². The fraction of sp³-hybridized carbons (Fsp3) is 0.250. The molecule has 0 aliphatic heterocycles. The molecule has 6 heteroatoms. The van der Waals surface area contributed by atoms with Crippen molar-refractivity contribution in [1.82, 2.24) is 19.9 Å². The van der Waals surface area contributed by atoms with E-state index in [2.05, 4.69) is 45.9 Å². The zero-order chi connectivity index (χ0) is 26.7. The molecule has 3 aromatic carbocycles. The number of aromatic amines is 2. The molecule has 2 heterocycles. The Kier molecular flexibility index (Phi) is 9.46. The summed E-state index contributed by atoms with van der Waals surface area (Å²) in [5, 5.41) is 0. The van der Waals surface area contributed by atoms with E-state index in [1.807, 2.05) is 49.5 Å². The standard InChI is InChI=1S/C20H22N2O.C12H13FN2/c1-3-15-10-19(23-18-8-6-5-7-9-18)11-16(4-2)20(15)12-17-13-21-14-22-17;1-2-9-4-3-5-12(13)11(9)6-10-7-14-8-15-10/h5-11,13-14H,3-4,12H2,1-2H3,(H,21,22);3-5,7-8H,2,6H2,1H3,(H,14,15). The molecule has 5 aromatic rings. The third-order valence-corrected chi connectivity index (χ3v) is 6.59. The minimum Gasteiger partial charge on any atom is -0.457 e. The Balaban J connectivity index is 0.000000194. The molecule has 0 unspecified atom stereocenters. The van der Waals surface area contributed by atoms with Crippen LogP contribution >= 0.6 is 0 Å². The highest BCUT2D eigenvalue weighted by molar-refractivity contribution is 5.45. The number of nitrogens with one attached hydrogen (secondary N) is 2. The summed E-state index contributed by atoms with van der Waals surface area (Å²) in [6, 6.07) is 19.5. The molecule has 0 radical (unpaired) electrons. The monoisotopic (exact) mass is 510 g/mol. The zero-order valence-corrected chi connectivity index (χ0v) is 22.3. The predicted molar refractivity (Wildman–Crippen MR) is 150 cm³/mol. The molecule has 5 rings (SSSR count). The molecule has 0 saturated carbocycles. The van der Waals surface area contributed by atoms with Gasteiger partial charge in [-0.2, -0.15) is 0 Å². The number of rotatable bonds is 9. The molecule has 0 amide bonds. The van der Waals surface area contributed by atoms with Crippen molar-refractivity contribution in [1.29, 1.82) is 0 Å². The minimum atomic E-state index is -0.135. The molecule has 0 spiro atoms. The Morgan fingerprint density at radius 3 is 1.76 bits per heavy atom. The molecule has 38 heavy (non-hydrogen) atoms. The van der Waals surface area contributed by atoms with E-state index in [9.17, 15) is 4.39 Å². The summed E-state index contributed by atoms with van der Waals surface area (Å²) in [6.07, 6.45) is 11.3. The molecule has 5 nitrogen and oxygen atoms in total. The number of aromatic nitrogens is 4. The molecule has 0 saturated heterocycles. The van der Waals surface area contributed by atoms with Crippen molar-refractivity contribution in [2.45, 2.75) is 52.9 Å². The van der Waals surface area contributed by atoms with Gasteiger partial charge in [0.05, 0.1) is 12.7 Å². The van der Waals surface area contributed by atoms with Crippen LogP contribution in [-0.2, 0) is 32.1 Å². The predicted octanol–water partition coefficient (Wildman–Crippen LogP) is 7.62. The van der Waals surface area contributed by atoms with Gasteiger partial charge in [0.2, 0.25) is 0 Å². The Bertz CT molecular complexity index is 1370. The van der Waals surface area contributed by atoms with Crippen molar-refractivity contribution in [3.8, 4) is 11.5 Å². The summed E-state index contributed by atoms with van der Waals surface area (Å²) in [5.74, 6) is 1.65.